The maximum Gasteiger partial charge on any atom is 0.139 e. The van der Waals surface area contributed by atoms with E-state index < -0.39 is 6.04 Å². The van der Waals surface area contributed by atoms with Crippen molar-refractivity contribution in [3.63, 3.8) is 0 Å². The minimum atomic E-state index is -0.446. The molecule has 0 aromatic heterocycles. The van der Waals surface area contributed by atoms with E-state index in [1.165, 1.54) is 0 Å². The molecule has 0 fully saturated rings. The fourth-order valence-electron chi connectivity index (χ4n) is 1.97. The Bertz CT molecular complexity index is 664. The van der Waals surface area contributed by atoms with E-state index >= 15 is 0 Å². The molecule has 0 aliphatic heterocycles. The molecule has 112 valence electrons. The lowest BCUT2D eigenvalue weighted by molar-refractivity contribution is 0.340. The molecule has 6 heteroatoms. The molecule has 0 spiro atoms. The Morgan fingerprint density at radius 2 is 1.81 bits per heavy atom. The smallest absolute Gasteiger partial charge is 0.139 e. The molecule has 1 atom stereocenters. The van der Waals surface area contributed by atoms with Gasteiger partial charge in [-0.25, -0.2) is 0 Å². The molecule has 0 amide bonds. The maximum atomic E-state index is 6.31. The first kappa shape index (κ1) is 16.9. The van der Waals surface area contributed by atoms with Crippen molar-refractivity contribution in [3.05, 3.63) is 61.0 Å². The SMILES string of the molecule is CCOc1cc(Cl)c(C(N)c2cc(Cl)ccc2Br)cc1Cl. The molecule has 0 aliphatic carbocycles. The van der Waals surface area contributed by atoms with Crippen molar-refractivity contribution in [2.24, 2.45) is 5.73 Å². The van der Waals surface area contributed by atoms with Crippen LogP contribution in [0.25, 0.3) is 0 Å². The molecular weight excluding hydrogens is 396 g/mol. The van der Waals surface area contributed by atoms with Gasteiger partial charge in [-0.3, -0.25) is 0 Å². The van der Waals surface area contributed by atoms with E-state index in [4.69, 9.17) is 45.3 Å². The summed E-state index contributed by atoms with van der Waals surface area (Å²) < 4.78 is 6.27. The van der Waals surface area contributed by atoms with Gasteiger partial charge in [-0.2, -0.15) is 0 Å². The molecule has 2 N–H and O–H groups in total. The lowest BCUT2D eigenvalue weighted by Gasteiger charge is -2.18. The number of benzene rings is 2. The van der Waals surface area contributed by atoms with Crippen molar-refractivity contribution in [1.29, 1.82) is 0 Å². The second-order valence-electron chi connectivity index (χ2n) is 4.38. The van der Waals surface area contributed by atoms with E-state index in [1.807, 2.05) is 13.0 Å². The van der Waals surface area contributed by atoms with Gasteiger partial charge in [0.25, 0.3) is 0 Å². The second-order valence-corrected chi connectivity index (χ2v) is 6.49. The Morgan fingerprint density at radius 1 is 1.10 bits per heavy atom. The van der Waals surface area contributed by atoms with Crippen LogP contribution in [-0.2, 0) is 0 Å². The molecule has 2 aromatic carbocycles. The molecule has 0 aliphatic rings. The molecule has 2 rings (SSSR count). The Balaban J connectivity index is 2.46. The van der Waals surface area contributed by atoms with Gasteiger partial charge < -0.3 is 10.5 Å². The standard InChI is InChI=1S/C15H13BrCl3NO/c1-2-21-14-7-12(18)10(6-13(14)19)15(20)9-5-8(17)3-4-11(9)16/h3-7,15H,2,20H2,1H3. The minimum absolute atomic E-state index is 0.446. The summed E-state index contributed by atoms with van der Waals surface area (Å²) in [5, 5.41) is 1.59. The van der Waals surface area contributed by atoms with Crippen LogP contribution in [0.3, 0.4) is 0 Å². The lowest BCUT2D eigenvalue weighted by Crippen LogP contribution is -2.13. The number of hydrogen-bond donors (Lipinski definition) is 1. The maximum absolute atomic E-state index is 6.31. The summed E-state index contributed by atoms with van der Waals surface area (Å²) in [6.07, 6.45) is 0. The van der Waals surface area contributed by atoms with Crippen molar-refractivity contribution in [1.82, 2.24) is 0 Å². The zero-order valence-corrected chi connectivity index (χ0v) is 15.0. The van der Waals surface area contributed by atoms with E-state index in [1.54, 1.807) is 24.3 Å². The molecular formula is C15H13BrCl3NO. The predicted octanol–water partition coefficient (Wildman–Crippen LogP) is 5.86. The number of nitrogens with two attached hydrogens (primary N) is 1. The Hall–Kier alpha value is -0.450. The molecule has 0 radical (unpaired) electrons. The van der Waals surface area contributed by atoms with E-state index in [0.717, 1.165) is 10.0 Å². The quantitative estimate of drug-likeness (QED) is 0.687. The number of ether oxygens (including phenoxy) is 1. The zero-order valence-electron chi connectivity index (χ0n) is 11.2. The van der Waals surface area contributed by atoms with E-state index in [9.17, 15) is 0 Å². The van der Waals surface area contributed by atoms with Crippen LogP contribution >= 0.6 is 50.7 Å². The molecule has 2 nitrogen and oxygen atoms in total. The van der Waals surface area contributed by atoms with Crippen LogP contribution in [0.5, 0.6) is 5.75 Å². The first-order chi connectivity index (χ1) is 9.93. The van der Waals surface area contributed by atoms with E-state index in [-0.39, 0.29) is 0 Å². The van der Waals surface area contributed by atoms with Crippen molar-refractivity contribution in [2.75, 3.05) is 6.61 Å². The largest absolute Gasteiger partial charge is 0.492 e. The third-order valence-corrected chi connectivity index (χ3v) is 4.56. The molecule has 0 saturated heterocycles. The summed E-state index contributed by atoms with van der Waals surface area (Å²) >= 11 is 22.0. The van der Waals surface area contributed by atoms with Crippen molar-refractivity contribution in [3.8, 4) is 5.75 Å². The third-order valence-electron chi connectivity index (χ3n) is 2.98. The lowest BCUT2D eigenvalue weighted by atomic mass is 9.99. The highest BCUT2D eigenvalue weighted by Gasteiger charge is 2.18. The van der Waals surface area contributed by atoms with Gasteiger partial charge in [-0.15, -0.1) is 0 Å². The number of rotatable bonds is 4. The predicted molar refractivity (Wildman–Crippen MR) is 92.8 cm³/mol. The Morgan fingerprint density at radius 3 is 2.48 bits per heavy atom. The van der Waals surface area contributed by atoms with Gasteiger partial charge in [0, 0.05) is 20.6 Å². The molecule has 2 aromatic rings. The molecule has 0 heterocycles. The van der Waals surface area contributed by atoms with Crippen LogP contribution in [0.1, 0.15) is 24.1 Å². The van der Waals surface area contributed by atoms with Gasteiger partial charge in [0.2, 0.25) is 0 Å². The number of halogens is 4. The minimum Gasteiger partial charge on any atom is -0.492 e. The van der Waals surface area contributed by atoms with Crippen molar-refractivity contribution < 1.29 is 4.74 Å². The summed E-state index contributed by atoms with van der Waals surface area (Å²) in [6, 6.07) is 8.40. The first-order valence-corrected chi connectivity index (χ1v) is 8.19. The number of hydrogen-bond acceptors (Lipinski definition) is 2. The van der Waals surface area contributed by atoms with Crippen molar-refractivity contribution >= 4 is 50.7 Å². The monoisotopic (exact) mass is 407 g/mol. The van der Waals surface area contributed by atoms with Crippen molar-refractivity contribution in [2.45, 2.75) is 13.0 Å². The average molecular weight is 410 g/mol. The van der Waals surface area contributed by atoms with E-state index in [0.29, 0.717) is 33.0 Å². The van der Waals surface area contributed by atoms with Crippen LogP contribution in [0.4, 0.5) is 0 Å². The summed E-state index contributed by atoms with van der Waals surface area (Å²) in [4.78, 5) is 0. The van der Waals surface area contributed by atoms with Gasteiger partial charge in [-0.05, 0) is 42.3 Å². The topological polar surface area (TPSA) is 35.2 Å². The van der Waals surface area contributed by atoms with Gasteiger partial charge in [0.1, 0.15) is 5.75 Å². The van der Waals surface area contributed by atoms with Crippen LogP contribution < -0.4 is 10.5 Å². The summed E-state index contributed by atoms with van der Waals surface area (Å²) in [7, 11) is 0. The van der Waals surface area contributed by atoms with Gasteiger partial charge in [-0.1, -0.05) is 50.7 Å². The molecule has 1 unspecified atom stereocenters. The first-order valence-electron chi connectivity index (χ1n) is 6.26. The molecule has 0 bridgehead atoms. The third kappa shape index (κ3) is 3.85. The zero-order chi connectivity index (χ0) is 15.6. The summed E-state index contributed by atoms with van der Waals surface area (Å²) in [6.45, 7) is 2.40. The van der Waals surface area contributed by atoms with Gasteiger partial charge in [0.05, 0.1) is 17.7 Å². The van der Waals surface area contributed by atoms with Crippen LogP contribution in [-0.4, -0.2) is 6.61 Å². The Kier molecular flexibility index (Phi) is 5.81. The summed E-state index contributed by atoms with van der Waals surface area (Å²) in [5.41, 5.74) is 7.86. The molecule has 0 saturated carbocycles. The normalized spacial score (nSPS) is 12.3. The fraction of sp³-hybridized carbons (Fsp3) is 0.200. The second kappa shape index (κ2) is 7.21. The van der Waals surface area contributed by atoms with E-state index in [2.05, 4.69) is 15.9 Å². The average Bonchev–Trinajstić information content (AvgIpc) is 2.44. The Labute approximate surface area is 147 Å². The van der Waals surface area contributed by atoms with Crippen LogP contribution in [0.2, 0.25) is 15.1 Å². The fourth-order valence-corrected chi connectivity index (χ4v) is 3.14. The highest BCUT2D eigenvalue weighted by Crippen LogP contribution is 2.37. The highest BCUT2D eigenvalue weighted by molar-refractivity contribution is 9.10. The van der Waals surface area contributed by atoms with Gasteiger partial charge in [0.15, 0.2) is 0 Å². The molecule has 21 heavy (non-hydrogen) atoms. The summed E-state index contributed by atoms with van der Waals surface area (Å²) in [5.74, 6) is 0.547. The van der Waals surface area contributed by atoms with Gasteiger partial charge >= 0.3 is 0 Å². The highest BCUT2D eigenvalue weighted by atomic mass is 79.9. The van der Waals surface area contributed by atoms with Crippen LogP contribution in [0.15, 0.2) is 34.8 Å². The van der Waals surface area contributed by atoms with Crippen LogP contribution in [0, 0.1) is 0 Å².